The third kappa shape index (κ3) is 5.43. The summed E-state index contributed by atoms with van der Waals surface area (Å²) in [5, 5.41) is 11.5. The largest absolute Gasteiger partial charge is 0.352 e. The Morgan fingerprint density at radius 1 is 0.912 bits per heavy atom. The Bertz CT molecular complexity index is 1220. The molecule has 0 bridgehead atoms. The molecule has 1 aromatic heterocycles. The van der Waals surface area contributed by atoms with Gasteiger partial charge in [0.05, 0.1) is 10.6 Å². The third-order valence-electron chi connectivity index (χ3n) is 5.81. The van der Waals surface area contributed by atoms with E-state index < -0.39 is 10.0 Å². The second kappa shape index (κ2) is 10.3. The first-order chi connectivity index (χ1) is 16.4. The van der Waals surface area contributed by atoms with Crippen LogP contribution in [0.3, 0.4) is 0 Å². The number of nitrogens with one attached hydrogen (secondary N) is 1. The fourth-order valence-corrected chi connectivity index (χ4v) is 5.26. The van der Waals surface area contributed by atoms with E-state index in [9.17, 15) is 13.2 Å². The predicted octanol–water partition coefficient (Wildman–Crippen LogP) is 3.70. The molecule has 0 unspecified atom stereocenters. The van der Waals surface area contributed by atoms with Crippen LogP contribution in [0.2, 0.25) is 0 Å². The standard InChI is InChI=1S/C25H29N5O3S/c1-3-4-25(31)26-21-9-11-22(12-10-21)34(32,33)30-17-15-29(16-18-30)24-14-13-23(27-28-24)20-7-5-19(2)6-8-20/h5-14H,3-4,15-18H2,1-2H3,(H,26,31). The number of piperazine rings is 1. The molecule has 1 aliphatic heterocycles. The van der Waals surface area contributed by atoms with E-state index >= 15 is 0 Å². The molecule has 0 saturated carbocycles. The molecule has 0 radical (unpaired) electrons. The van der Waals surface area contributed by atoms with Crippen LogP contribution in [0, 0.1) is 6.92 Å². The Kier molecular flexibility index (Phi) is 7.23. The summed E-state index contributed by atoms with van der Waals surface area (Å²) in [5.41, 5.74) is 3.60. The zero-order valence-corrected chi connectivity index (χ0v) is 20.3. The lowest BCUT2D eigenvalue weighted by Crippen LogP contribution is -2.49. The monoisotopic (exact) mass is 479 g/mol. The first kappa shape index (κ1) is 23.8. The Balaban J connectivity index is 1.37. The highest BCUT2D eigenvalue weighted by atomic mass is 32.2. The van der Waals surface area contributed by atoms with Gasteiger partial charge in [0.2, 0.25) is 15.9 Å². The summed E-state index contributed by atoms with van der Waals surface area (Å²) >= 11 is 0. The van der Waals surface area contributed by atoms with Gasteiger partial charge in [0.15, 0.2) is 5.82 Å². The van der Waals surface area contributed by atoms with Crippen LogP contribution >= 0.6 is 0 Å². The van der Waals surface area contributed by atoms with Crippen molar-refractivity contribution in [2.24, 2.45) is 0 Å². The highest BCUT2D eigenvalue weighted by Crippen LogP contribution is 2.23. The first-order valence-electron chi connectivity index (χ1n) is 11.4. The van der Waals surface area contributed by atoms with Gasteiger partial charge in [-0.1, -0.05) is 36.8 Å². The lowest BCUT2D eigenvalue weighted by atomic mass is 10.1. The number of hydrogen-bond donors (Lipinski definition) is 1. The molecule has 34 heavy (non-hydrogen) atoms. The van der Waals surface area contributed by atoms with Crippen molar-refractivity contribution in [2.45, 2.75) is 31.6 Å². The molecule has 9 heteroatoms. The van der Waals surface area contributed by atoms with Crippen molar-refractivity contribution in [3.63, 3.8) is 0 Å². The molecule has 1 fully saturated rings. The fraction of sp³-hybridized carbons (Fsp3) is 0.320. The molecule has 4 rings (SSSR count). The summed E-state index contributed by atoms with van der Waals surface area (Å²) in [6.07, 6.45) is 1.19. The van der Waals surface area contributed by atoms with Crippen molar-refractivity contribution in [3.8, 4) is 11.3 Å². The molecule has 1 N–H and O–H groups in total. The van der Waals surface area contributed by atoms with Gasteiger partial charge in [0.1, 0.15) is 0 Å². The first-order valence-corrected chi connectivity index (χ1v) is 12.9. The van der Waals surface area contributed by atoms with Crippen LogP contribution < -0.4 is 10.2 Å². The molecule has 8 nitrogen and oxygen atoms in total. The molecule has 1 amide bonds. The predicted molar refractivity (Wildman–Crippen MR) is 133 cm³/mol. The molecule has 178 valence electrons. The number of anilines is 2. The number of hydrogen-bond acceptors (Lipinski definition) is 6. The van der Waals surface area contributed by atoms with Gasteiger partial charge in [0.25, 0.3) is 0 Å². The van der Waals surface area contributed by atoms with Crippen molar-refractivity contribution in [1.82, 2.24) is 14.5 Å². The van der Waals surface area contributed by atoms with Crippen LogP contribution in [0.25, 0.3) is 11.3 Å². The fourth-order valence-electron chi connectivity index (χ4n) is 3.84. The van der Waals surface area contributed by atoms with Gasteiger partial charge in [-0.3, -0.25) is 4.79 Å². The van der Waals surface area contributed by atoms with E-state index in [1.165, 1.54) is 9.87 Å². The van der Waals surface area contributed by atoms with Gasteiger partial charge < -0.3 is 10.2 Å². The van der Waals surface area contributed by atoms with Gasteiger partial charge in [-0.2, -0.15) is 4.31 Å². The van der Waals surface area contributed by atoms with Crippen molar-refractivity contribution in [2.75, 3.05) is 36.4 Å². The Labute approximate surface area is 200 Å². The van der Waals surface area contributed by atoms with Crippen molar-refractivity contribution >= 4 is 27.4 Å². The minimum Gasteiger partial charge on any atom is -0.352 e. The molecule has 1 aliphatic rings. The second-order valence-corrected chi connectivity index (χ2v) is 10.3. The maximum Gasteiger partial charge on any atom is 0.243 e. The number of carbonyl (C=O) groups is 1. The Morgan fingerprint density at radius 3 is 2.18 bits per heavy atom. The van der Waals surface area contributed by atoms with Crippen molar-refractivity contribution in [3.05, 3.63) is 66.2 Å². The number of amides is 1. The van der Waals surface area contributed by atoms with E-state index in [1.54, 1.807) is 24.3 Å². The minimum atomic E-state index is -3.61. The second-order valence-electron chi connectivity index (χ2n) is 8.36. The van der Waals surface area contributed by atoms with E-state index in [2.05, 4.69) is 15.5 Å². The van der Waals surface area contributed by atoms with Gasteiger partial charge >= 0.3 is 0 Å². The number of nitrogens with zero attached hydrogens (tertiary/aromatic N) is 4. The maximum atomic E-state index is 13.1. The van der Waals surface area contributed by atoms with Crippen LogP contribution in [0.4, 0.5) is 11.5 Å². The number of rotatable bonds is 7. The molecular formula is C25H29N5O3S. The number of aryl methyl sites for hydroxylation is 1. The molecule has 0 aliphatic carbocycles. The lowest BCUT2D eigenvalue weighted by Gasteiger charge is -2.34. The zero-order valence-electron chi connectivity index (χ0n) is 19.4. The maximum absolute atomic E-state index is 13.1. The normalized spacial score (nSPS) is 14.7. The Hall–Kier alpha value is -3.30. The van der Waals surface area contributed by atoms with E-state index in [4.69, 9.17) is 0 Å². The van der Waals surface area contributed by atoms with Crippen molar-refractivity contribution < 1.29 is 13.2 Å². The van der Waals surface area contributed by atoms with Gasteiger partial charge in [-0.25, -0.2) is 8.42 Å². The number of aromatic nitrogens is 2. The van der Waals surface area contributed by atoms with Crippen LogP contribution in [0.5, 0.6) is 0 Å². The van der Waals surface area contributed by atoms with E-state index in [1.807, 2.05) is 55.1 Å². The zero-order chi connectivity index (χ0) is 24.1. The topological polar surface area (TPSA) is 95.5 Å². The average Bonchev–Trinajstić information content (AvgIpc) is 2.85. The van der Waals surface area contributed by atoms with Crippen LogP contribution in [-0.4, -0.2) is 55.0 Å². The van der Waals surface area contributed by atoms with Gasteiger partial charge in [-0.15, -0.1) is 10.2 Å². The molecule has 2 heterocycles. The lowest BCUT2D eigenvalue weighted by molar-refractivity contribution is -0.116. The van der Waals surface area contributed by atoms with Crippen LogP contribution in [0.15, 0.2) is 65.6 Å². The van der Waals surface area contributed by atoms with Gasteiger partial charge in [-0.05, 0) is 49.7 Å². The summed E-state index contributed by atoms with van der Waals surface area (Å²) in [5.74, 6) is 0.657. The van der Waals surface area contributed by atoms with Crippen LogP contribution in [-0.2, 0) is 14.8 Å². The van der Waals surface area contributed by atoms with E-state index in [-0.39, 0.29) is 10.8 Å². The smallest absolute Gasteiger partial charge is 0.243 e. The summed E-state index contributed by atoms with van der Waals surface area (Å²) in [6, 6.07) is 18.3. The summed E-state index contributed by atoms with van der Waals surface area (Å²) < 4.78 is 27.7. The van der Waals surface area contributed by atoms with E-state index in [0.29, 0.717) is 38.3 Å². The highest BCUT2D eigenvalue weighted by molar-refractivity contribution is 7.89. The van der Waals surface area contributed by atoms with Crippen molar-refractivity contribution in [1.29, 1.82) is 0 Å². The third-order valence-corrected chi connectivity index (χ3v) is 7.73. The number of benzene rings is 2. The Morgan fingerprint density at radius 2 is 1.59 bits per heavy atom. The summed E-state index contributed by atoms with van der Waals surface area (Å²) in [6.45, 7) is 5.76. The molecule has 0 spiro atoms. The SMILES string of the molecule is CCCC(=O)Nc1ccc(S(=O)(=O)N2CCN(c3ccc(-c4ccc(C)cc4)nn3)CC2)cc1. The summed E-state index contributed by atoms with van der Waals surface area (Å²) in [4.78, 5) is 14.0. The molecule has 3 aromatic rings. The quantitative estimate of drug-likeness (QED) is 0.555. The van der Waals surface area contributed by atoms with Gasteiger partial charge in [0, 0.05) is 43.9 Å². The molecule has 0 atom stereocenters. The highest BCUT2D eigenvalue weighted by Gasteiger charge is 2.29. The summed E-state index contributed by atoms with van der Waals surface area (Å²) in [7, 11) is -3.61. The molecular weight excluding hydrogens is 450 g/mol. The molecule has 2 aromatic carbocycles. The van der Waals surface area contributed by atoms with Crippen LogP contribution in [0.1, 0.15) is 25.3 Å². The minimum absolute atomic E-state index is 0.0794. The van der Waals surface area contributed by atoms with E-state index in [0.717, 1.165) is 23.5 Å². The molecule has 1 saturated heterocycles. The number of carbonyl (C=O) groups excluding carboxylic acids is 1. The average molecular weight is 480 g/mol. The number of sulfonamides is 1.